The Kier molecular flexibility index (Phi) is 17.2. The highest BCUT2D eigenvalue weighted by Crippen LogP contribution is 2.40. The lowest BCUT2D eigenvalue weighted by Crippen LogP contribution is -2.25. The summed E-state index contributed by atoms with van der Waals surface area (Å²) in [6, 6.07) is 26.6. The Hall–Kier alpha value is -4.24. The minimum Gasteiger partial charge on any atom is -0.493 e. The van der Waals surface area contributed by atoms with E-state index in [9.17, 15) is 0 Å². The molecule has 1 heterocycles. The number of nitrogens with zero attached hydrogens (tertiary/aromatic N) is 4. The monoisotopic (exact) mass is 810 g/mol. The van der Waals surface area contributed by atoms with Gasteiger partial charge in [-0.3, -0.25) is 0 Å². The lowest BCUT2D eigenvalue weighted by atomic mass is 9.87. The van der Waals surface area contributed by atoms with E-state index < -0.39 is 0 Å². The van der Waals surface area contributed by atoms with Crippen molar-refractivity contribution in [1.82, 2.24) is 19.4 Å². The van der Waals surface area contributed by atoms with Gasteiger partial charge in [-0.25, -0.2) is 4.98 Å². The van der Waals surface area contributed by atoms with E-state index in [0.717, 1.165) is 134 Å². The second-order valence-corrected chi connectivity index (χ2v) is 16.4. The maximum Gasteiger partial charge on any atom is 0.150 e. The summed E-state index contributed by atoms with van der Waals surface area (Å²) in [6.45, 7) is 26.2. The van der Waals surface area contributed by atoms with E-state index in [-0.39, 0.29) is 5.41 Å². The molecule has 0 bridgehead atoms. The van der Waals surface area contributed by atoms with Gasteiger partial charge >= 0.3 is 0 Å². The fourth-order valence-corrected chi connectivity index (χ4v) is 7.22. The largest absolute Gasteiger partial charge is 0.493 e. The van der Waals surface area contributed by atoms with Crippen LogP contribution in [-0.4, -0.2) is 78.4 Å². The number of unbranched alkanes of at least 4 members (excludes halogenated alkanes) is 1. The van der Waals surface area contributed by atoms with E-state index in [1.54, 1.807) is 0 Å². The highest BCUT2D eigenvalue weighted by Gasteiger charge is 2.22. The number of hydrogen-bond acceptors (Lipinski definition) is 7. The summed E-state index contributed by atoms with van der Waals surface area (Å²) in [6.07, 6.45) is 4.63. The first-order valence-electron chi connectivity index (χ1n) is 21.6. The van der Waals surface area contributed by atoms with Crippen molar-refractivity contribution in [2.24, 2.45) is 0 Å². The van der Waals surface area contributed by atoms with Gasteiger partial charge in [0, 0.05) is 49.3 Å². The van der Waals surface area contributed by atoms with Crippen LogP contribution in [0.4, 0.5) is 0 Å². The van der Waals surface area contributed by atoms with Crippen LogP contribution in [0.2, 0.25) is 5.02 Å². The van der Waals surface area contributed by atoms with Crippen LogP contribution in [0.25, 0.3) is 22.4 Å². The van der Waals surface area contributed by atoms with E-state index in [2.05, 4.69) is 106 Å². The molecule has 0 radical (unpaired) electrons. The second kappa shape index (κ2) is 22.2. The summed E-state index contributed by atoms with van der Waals surface area (Å²) in [5.41, 5.74) is 5.21. The molecular weight excluding hydrogens is 744 g/mol. The van der Waals surface area contributed by atoms with Gasteiger partial charge in [0.15, 0.2) is 5.75 Å². The first kappa shape index (κ1) is 44.9. The Morgan fingerprint density at radius 2 is 1.24 bits per heavy atom. The van der Waals surface area contributed by atoms with Crippen molar-refractivity contribution in [3.05, 3.63) is 95.0 Å². The molecule has 314 valence electrons. The normalized spacial score (nSPS) is 11.8. The predicted octanol–water partition coefficient (Wildman–Crippen LogP) is 12.1. The van der Waals surface area contributed by atoms with E-state index >= 15 is 0 Å². The zero-order valence-corrected chi connectivity index (χ0v) is 37.2. The molecular formula is C49H67ClN4O4. The molecule has 0 aliphatic carbocycles. The summed E-state index contributed by atoms with van der Waals surface area (Å²) < 4.78 is 28.5. The average Bonchev–Trinajstić information content (AvgIpc) is 3.58. The van der Waals surface area contributed by atoms with Crippen molar-refractivity contribution in [1.29, 1.82) is 0 Å². The van der Waals surface area contributed by atoms with Crippen molar-refractivity contribution in [2.75, 3.05) is 59.1 Å². The highest BCUT2D eigenvalue weighted by atomic mass is 35.5. The fourth-order valence-electron chi connectivity index (χ4n) is 7.10. The minimum atomic E-state index is 0.0570. The molecule has 0 atom stereocenters. The standard InChI is InChI=1S/C49H67ClN4O4/c1-9-14-30-54-44-34-42(58-40-23-19-38(20-24-40)49(6,7)8)36-46(57-32-16-29-53(12-4)13-5)47(44)51-48(54)43-26-25-41(55-33-27-37-17-21-39(50)22-18-37)35-45(43)56-31-15-28-52(10-2)11-3/h17-26,34-36H,9-16,27-33H2,1-8H3. The topological polar surface area (TPSA) is 61.2 Å². The molecule has 9 heteroatoms. The van der Waals surface area contributed by atoms with Gasteiger partial charge in [0.25, 0.3) is 0 Å². The molecule has 1 aromatic heterocycles. The summed E-state index contributed by atoms with van der Waals surface area (Å²) in [7, 11) is 0. The number of aromatic nitrogens is 2. The molecule has 0 N–H and O–H groups in total. The van der Waals surface area contributed by atoms with Crippen LogP contribution in [0.1, 0.15) is 92.2 Å². The third kappa shape index (κ3) is 12.6. The Bertz CT molecular complexity index is 1980. The van der Waals surface area contributed by atoms with Gasteiger partial charge in [0.1, 0.15) is 34.3 Å². The van der Waals surface area contributed by atoms with Crippen molar-refractivity contribution in [3.63, 3.8) is 0 Å². The number of rotatable bonds is 24. The molecule has 0 saturated carbocycles. The van der Waals surface area contributed by atoms with Crippen LogP contribution in [0.15, 0.2) is 78.9 Å². The first-order chi connectivity index (χ1) is 28.1. The third-order valence-electron chi connectivity index (χ3n) is 10.8. The van der Waals surface area contributed by atoms with Crippen LogP contribution in [0, 0.1) is 0 Å². The van der Waals surface area contributed by atoms with Crippen LogP contribution in [-0.2, 0) is 18.4 Å². The number of imidazole rings is 1. The van der Waals surface area contributed by atoms with Crippen LogP contribution in [0.3, 0.4) is 0 Å². The van der Waals surface area contributed by atoms with Crippen molar-refractivity contribution < 1.29 is 18.9 Å². The third-order valence-corrected chi connectivity index (χ3v) is 11.0. The lowest BCUT2D eigenvalue weighted by molar-refractivity contribution is 0.248. The maximum atomic E-state index is 6.66. The predicted molar refractivity (Wildman–Crippen MR) is 242 cm³/mol. The van der Waals surface area contributed by atoms with Gasteiger partial charge in [0.05, 0.1) is 30.9 Å². The average molecular weight is 812 g/mol. The number of aryl methyl sites for hydroxylation is 1. The van der Waals surface area contributed by atoms with Crippen molar-refractivity contribution >= 4 is 22.6 Å². The molecule has 0 spiro atoms. The summed E-state index contributed by atoms with van der Waals surface area (Å²) in [5.74, 6) is 4.59. The summed E-state index contributed by atoms with van der Waals surface area (Å²) in [5, 5.41) is 0.733. The van der Waals surface area contributed by atoms with Crippen molar-refractivity contribution in [3.8, 4) is 40.1 Å². The Labute approximate surface area is 353 Å². The molecule has 58 heavy (non-hydrogen) atoms. The molecule has 5 aromatic rings. The van der Waals surface area contributed by atoms with Crippen LogP contribution < -0.4 is 18.9 Å². The zero-order valence-electron chi connectivity index (χ0n) is 36.4. The number of benzene rings is 4. The van der Waals surface area contributed by atoms with Crippen LogP contribution >= 0.6 is 11.6 Å². The van der Waals surface area contributed by atoms with E-state index in [1.807, 2.05) is 42.5 Å². The number of halogens is 1. The van der Waals surface area contributed by atoms with E-state index in [1.165, 1.54) is 11.1 Å². The lowest BCUT2D eigenvalue weighted by Gasteiger charge is -2.19. The molecule has 8 nitrogen and oxygen atoms in total. The quantitative estimate of drug-likeness (QED) is 0.0575. The van der Waals surface area contributed by atoms with Gasteiger partial charge in [-0.2, -0.15) is 0 Å². The van der Waals surface area contributed by atoms with Gasteiger partial charge in [-0.05, 0) is 98.4 Å². The molecule has 0 aliphatic heterocycles. The SMILES string of the molecule is CCCCn1c(-c2ccc(OCCc3ccc(Cl)cc3)cc2OCCCN(CC)CC)nc2c(OCCCN(CC)CC)cc(Oc3ccc(C(C)(C)C)cc3)cc21. The van der Waals surface area contributed by atoms with Gasteiger partial charge in [0.2, 0.25) is 0 Å². The molecule has 0 saturated heterocycles. The number of ether oxygens (including phenoxy) is 4. The molecule has 5 rings (SSSR count). The number of fused-ring (bicyclic) bond motifs is 1. The van der Waals surface area contributed by atoms with Gasteiger partial charge < -0.3 is 33.3 Å². The molecule has 0 amide bonds. The zero-order chi connectivity index (χ0) is 41.5. The van der Waals surface area contributed by atoms with E-state index in [0.29, 0.717) is 19.8 Å². The first-order valence-corrected chi connectivity index (χ1v) is 22.0. The summed E-state index contributed by atoms with van der Waals surface area (Å²) in [4.78, 5) is 10.2. The fraction of sp³-hybridized carbons (Fsp3) is 0.490. The number of hydrogen-bond donors (Lipinski definition) is 0. The molecule has 4 aromatic carbocycles. The summed E-state index contributed by atoms with van der Waals surface area (Å²) >= 11 is 6.12. The van der Waals surface area contributed by atoms with Crippen molar-refractivity contribution in [2.45, 2.75) is 99.5 Å². The molecule has 0 fully saturated rings. The van der Waals surface area contributed by atoms with E-state index in [4.69, 9.17) is 35.5 Å². The molecule has 0 unspecified atom stereocenters. The Morgan fingerprint density at radius 1 is 0.638 bits per heavy atom. The Morgan fingerprint density at radius 3 is 1.84 bits per heavy atom. The second-order valence-electron chi connectivity index (χ2n) is 15.9. The Balaban J connectivity index is 1.53. The van der Waals surface area contributed by atoms with Gasteiger partial charge in [-0.1, -0.05) is 97.7 Å². The van der Waals surface area contributed by atoms with Gasteiger partial charge in [-0.15, -0.1) is 0 Å². The smallest absolute Gasteiger partial charge is 0.150 e. The maximum absolute atomic E-state index is 6.66. The minimum absolute atomic E-state index is 0.0570. The highest BCUT2D eigenvalue weighted by molar-refractivity contribution is 6.30. The molecule has 0 aliphatic rings. The van der Waals surface area contributed by atoms with Crippen LogP contribution in [0.5, 0.6) is 28.7 Å².